The molecule has 0 unspecified atom stereocenters. The molecule has 154 valence electrons. The Bertz CT molecular complexity index is 740. The van der Waals surface area contributed by atoms with Crippen molar-refractivity contribution < 1.29 is 22.9 Å². The molecule has 0 saturated carbocycles. The number of hydrogen-bond acceptors (Lipinski definition) is 7. The van der Waals surface area contributed by atoms with Crippen LogP contribution < -0.4 is 15.8 Å². The summed E-state index contributed by atoms with van der Waals surface area (Å²) in [5.74, 6) is -0.630. The first-order valence-electron chi connectivity index (χ1n) is 8.16. The number of ether oxygens (including phenoxy) is 1. The van der Waals surface area contributed by atoms with Gasteiger partial charge in [0.25, 0.3) is 5.91 Å². The number of carbonyl (C=O) groups excluding carboxylic acids is 1. The molecule has 1 amide bonds. The second kappa shape index (κ2) is 11.7. The Labute approximate surface area is 164 Å². The molecule has 0 radical (unpaired) electrons. The Morgan fingerprint density at radius 3 is 2.48 bits per heavy atom. The van der Waals surface area contributed by atoms with Crippen LogP contribution in [0.15, 0.2) is 23.1 Å². The van der Waals surface area contributed by atoms with Crippen LogP contribution in [-0.2, 0) is 14.8 Å². The van der Waals surface area contributed by atoms with Gasteiger partial charge in [0.1, 0.15) is 0 Å². The van der Waals surface area contributed by atoms with Crippen molar-refractivity contribution in [3.05, 3.63) is 28.3 Å². The summed E-state index contributed by atoms with van der Waals surface area (Å²) in [5, 5.41) is 13.8. The van der Waals surface area contributed by atoms with Crippen molar-refractivity contribution in [1.29, 1.82) is 0 Å². The third-order valence-electron chi connectivity index (χ3n) is 3.53. The van der Waals surface area contributed by atoms with Crippen molar-refractivity contribution in [2.75, 3.05) is 32.8 Å². The van der Waals surface area contributed by atoms with Crippen molar-refractivity contribution in [2.45, 2.75) is 25.2 Å². The van der Waals surface area contributed by atoms with Crippen LogP contribution in [0.2, 0.25) is 0 Å². The van der Waals surface area contributed by atoms with E-state index in [1.165, 1.54) is 16.4 Å². The summed E-state index contributed by atoms with van der Waals surface area (Å²) < 4.78 is 31.3. The number of halogens is 1. The molecule has 0 heterocycles. The molecule has 0 aliphatic heterocycles. The first-order valence-corrected chi connectivity index (χ1v) is 9.60. The normalized spacial score (nSPS) is 11.0. The molecule has 27 heavy (non-hydrogen) atoms. The Morgan fingerprint density at radius 1 is 1.33 bits per heavy atom. The fourth-order valence-electron chi connectivity index (χ4n) is 2.16. The topological polar surface area (TPSA) is 145 Å². The van der Waals surface area contributed by atoms with Gasteiger partial charge in [0, 0.05) is 25.7 Å². The van der Waals surface area contributed by atoms with Crippen LogP contribution in [0.25, 0.3) is 0 Å². The Hall–Kier alpha value is -1.95. The molecule has 0 atom stereocenters. The molecule has 1 aromatic carbocycles. The molecule has 10 nitrogen and oxygen atoms in total. The average molecular weight is 425 g/mol. The van der Waals surface area contributed by atoms with Crippen molar-refractivity contribution in [2.24, 2.45) is 5.73 Å². The summed E-state index contributed by atoms with van der Waals surface area (Å²) in [7, 11) is -3.84. The zero-order chi connectivity index (χ0) is 19.7. The van der Waals surface area contributed by atoms with Gasteiger partial charge in [-0.05, 0) is 25.1 Å². The third kappa shape index (κ3) is 6.94. The van der Waals surface area contributed by atoms with E-state index in [1.54, 1.807) is 13.8 Å². The van der Waals surface area contributed by atoms with Crippen LogP contribution in [0.1, 0.15) is 20.3 Å². The van der Waals surface area contributed by atoms with Crippen molar-refractivity contribution in [3.63, 3.8) is 0 Å². The van der Waals surface area contributed by atoms with E-state index in [0.717, 1.165) is 6.07 Å². The minimum absolute atomic E-state index is 0. The Balaban J connectivity index is 0.00000676. The van der Waals surface area contributed by atoms with Gasteiger partial charge < -0.3 is 15.8 Å². The monoisotopic (exact) mass is 424 g/mol. The number of benzene rings is 1. The highest BCUT2D eigenvalue weighted by molar-refractivity contribution is 7.89. The highest BCUT2D eigenvalue weighted by atomic mass is 35.5. The van der Waals surface area contributed by atoms with Crippen LogP contribution in [-0.4, -0.2) is 56.3 Å². The molecule has 0 fully saturated rings. The van der Waals surface area contributed by atoms with Gasteiger partial charge in [0.15, 0.2) is 12.4 Å². The van der Waals surface area contributed by atoms with Gasteiger partial charge >= 0.3 is 5.69 Å². The molecule has 1 rings (SSSR count). The lowest BCUT2D eigenvalue weighted by Gasteiger charge is -2.18. The first kappa shape index (κ1) is 25.1. The van der Waals surface area contributed by atoms with E-state index in [1.807, 2.05) is 0 Å². The average Bonchev–Trinajstić information content (AvgIpc) is 2.60. The van der Waals surface area contributed by atoms with Crippen LogP contribution in [0.3, 0.4) is 0 Å². The second-order valence-electron chi connectivity index (χ2n) is 5.26. The molecule has 0 spiro atoms. The lowest BCUT2D eigenvalue weighted by molar-refractivity contribution is -0.386. The van der Waals surface area contributed by atoms with E-state index in [-0.39, 0.29) is 36.1 Å². The molecule has 0 aliphatic rings. The summed E-state index contributed by atoms with van der Waals surface area (Å²) in [6.45, 7) is 4.22. The van der Waals surface area contributed by atoms with Gasteiger partial charge in [-0.25, -0.2) is 8.42 Å². The molecule has 0 aromatic heterocycles. The van der Waals surface area contributed by atoms with Crippen LogP contribution in [0, 0.1) is 10.1 Å². The quantitative estimate of drug-likeness (QED) is 0.304. The van der Waals surface area contributed by atoms with E-state index in [4.69, 9.17) is 10.5 Å². The highest BCUT2D eigenvalue weighted by Gasteiger charge is 2.26. The number of nitro benzene ring substituents is 1. The van der Waals surface area contributed by atoms with E-state index >= 15 is 0 Å². The smallest absolute Gasteiger partial charge is 0.312 e. The maximum Gasteiger partial charge on any atom is 0.312 e. The maximum atomic E-state index is 12.5. The number of nitrogens with one attached hydrogen (secondary N) is 1. The minimum Gasteiger partial charge on any atom is -0.477 e. The zero-order valence-electron chi connectivity index (χ0n) is 15.2. The standard InChI is InChI=1S/C15H24N4O6S.ClH/c1-3-18(4-2)26(23,24)12-6-7-14(13(10-12)19(21)22)25-11-15(20)17-9-5-8-16;/h6-7,10H,3-5,8-9,11,16H2,1-2H3,(H,17,20);1H. The van der Waals surface area contributed by atoms with Crippen molar-refractivity contribution in [1.82, 2.24) is 9.62 Å². The number of sulfonamides is 1. The molecule has 0 bridgehead atoms. The summed E-state index contributed by atoms with van der Waals surface area (Å²) >= 11 is 0. The number of carbonyl (C=O) groups is 1. The molecule has 12 heteroatoms. The molecular formula is C15H25ClN4O6S. The molecular weight excluding hydrogens is 400 g/mol. The van der Waals surface area contributed by atoms with Crippen LogP contribution in [0.4, 0.5) is 5.69 Å². The van der Waals surface area contributed by atoms with Gasteiger partial charge in [-0.15, -0.1) is 12.4 Å². The van der Waals surface area contributed by atoms with Crippen molar-refractivity contribution >= 4 is 34.0 Å². The summed E-state index contributed by atoms with van der Waals surface area (Å²) in [6, 6.07) is 3.35. The fourth-order valence-corrected chi connectivity index (χ4v) is 3.64. The SMILES string of the molecule is CCN(CC)S(=O)(=O)c1ccc(OCC(=O)NCCCN)c([N+](=O)[O-])c1.Cl. The van der Waals surface area contributed by atoms with Gasteiger partial charge in [0.05, 0.1) is 9.82 Å². The first-order chi connectivity index (χ1) is 12.3. The van der Waals surface area contributed by atoms with Gasteiger partial charge in [-0.2, -0.15) is 4.31 Å². The van der Waals surface area contributed by atoms with Crippen LogP contribution >= 0.6 is 12.4 Å². The van der Waals surface area contributed by atoms with Gasteiger partial charge in [-0.1, -0.05) is 13.8 Å². The lowest BCUT2D eigenvalue weighted by Crippen LogP contribution is -2.31. The number of nitrogens with two attached hydrogens (primary N) is 1. The molecule has 1 aromatic rings. The van der Waals surface area contributed by atoms with Gasteiger partial charge in [0.2, 0.25) is 10.0 Å². The largest absolute Gasteiger partial charge is 0.477 e. The molecule has 0 aliphatic carbocycles. The van der Waals surface area contributed by atoms with E-state index < -0.39 is 33.1 Å². The predicted molar refractivity (Wildman–Crippen MR) is 103 cm³/mol. The molecule has 3 N–H and O–H groups in total. The van der Waals surface area contributed by atoms with Gasteiger partial charge in [-0.3, -0.25) is 14.9 Å². The number of nitro groups is 1. The predicted octanol–water partition coefficient (Wildman–Crippen LogP) is 0.891. The van der Waals surface area contributed by atoms with Crippen molar-refractivity contribution in [3.8, 4) is 5.75 Å². The number of rotatable bonds is 11. The molecule has 0 saturated heterocycles. The Kier molecular flexibility index (Phi) is 10.9. The fraction of sp³-hybridized carbons (Fsp3) is 0.533. The summed E-state index contributed by atoms with van der Waals surface area (Å²) in [5.41, 5.74) is 4.79. The Morgan fingerprint density at radius 2 is 1.96 bits per heavy atom. The van der Waals surface area contributed by atoms with E-state index in [2.05, 4.69) is 5.32 Å². The number of hydrogen-bond donors (Lipinski definition) is 2. The third-order valence-corrected chi connectivity index (χ3v) is 5.58. The van der Waals surface area contributed by atoms with E-state index in [0.29, 0.717) is 19.5 Å². The summed E-state index contributed by atoms with van der Waals surface area (Å²) in [4.78, 5) is 21.9. The minimum atomic E-state index is -3.84. The second-order valence-corrected chi connectivity index (χ2v) is 7.19. The van der Waals surface area contributed by atoms with E-state index in [9.17, 15) is 23.3 Å². The zero-order valence-corrected chi connectivity index (χ0v) is 16.8. The number of amides is 1. The number of nitrogens with zero attached hydrogens (tertiary/aromatic N) is 2. The lowest BCUT2D eigenvalue weighted by atomic mass is 10.3. The van der Waals surface area contributed by atoms with Crippen LogP contribution in [0.5, 0.6) is 5.75 Å². The highest BCUT2D eigenvalue weighted by Crippen LogP contribution is 2.30. The maximum absolute atomic E-state index is 12.5. The summed E-state index contributed by atoms with van der Waals surface area (Å²) in [6.07, 6.45) is 0.601.